The number of imidazole rings is 1. The van der Waals surface area contributed by atoms with E-state index in [1.807, 2.05) is 49.4 Å². The second-order valence-corrected chi connectivity index (χ2v) is 14.9. The van der Waals surface area contributed by atoms with Gasteiger partial charge in [-0.25, -0.2) is 15.0 Å². The minimum atomic E-state index is -0.678. The molecular formula is C43H52N12O7. The summed E-state index contributed by atoms with van der Waals surface area (Å²) >= 11 is 0. The molecule has 0 saturated heterocycles. The van der Waals surface area contributed by atoms with Crippen LogP contribution in [-0.2, 0) is 24.4 Å². The van der Waals surface area contributed by atoms with Crippen molar-refractivity contribution in [2.75, 3.05) is 45.4 Å². The van der Waals surface area contributed by atoms with Crippen molar-refractivity contribution < 1.29 is 33.7 Å². The Bertz CT molecular complexity index is 2710. The monoisotopic (exact) mass is 848 g/mol. The predicted molar refractivity (Wildman–Crippen MR) is 234 cm³/mol. The van der Waals surface area contributed by atoms with Crippen molar-refractivity contribution in [2.24, 2.45) is 16.6 Å². The predicted octanol–water partition coefficient (Wildman–Crippen LogP) is 4.48. The van der Waals surface area contributed by atoms with E-state index < -0.39 is 17.7 Å². The van der Waals surface area contributed by atoms with Crippen LogP contribution in [0.25, 0.3) is 33.0 Å². The van der Waals surface area contributed by atoms with E-state index >= 15 is 0 Å². The number of fused-ring (bicyclic) bond motifs is 4. The summed E-state index contributed by atoms with van der Waals surface area (Å²) < 4.78 is 23.1. The van der Waals surface area contributed by atoms with Crippen LogP contribution in [0.5, 0.6) is 11.5 Å². The smallest absolute Gasteiger partial charge is 0.276 e. The van der Waals surface area contributed by atoms with Crippen molar-refractivity contribution in [3.8, 4) is 11.5 Å². The lowest BCUT2D eigenvalue weighted by atomic mass is 10.1. The molecule has 1 aliphatic heterocycles. The normalized spacial score (nSPS) is 14.1. The third-order valence-corrected chi connectivity index (χ3v) is 10.5. The van der Waals surface area contributed by atoms with Crippen LogP contribution >= 0.6 is 0 Å². The Morgan fingerprint density at radius 2 is 1.56 bits per heavy atom. The number of benzene rings is 2. The summed E-state index contributed by atoms with van der Waals surface area (Å²) in [6.45, 7) is 10.2. The van der Waals surface area contributed by atoms with Crippen molar-refractivity contribution in [1.82, 2.24) is 38.9 Å². The highest BCUT2D eigenvalue weighted by Crippen LogP contribution is 2.38. The number of methoxy groups -OCH3 is 1. The molecule has 0 fully saturated rings. The lowest BCUT2D eigenvalue weighted by Gasteiger charge is -2.20. The third-order valence-electron chi connectivity index (χ3n) is 10.5. The summed E-state index contributed by atoms with van der Waals surface area (Å²) in [5, 5.41) is 25.0. The van der Waals surface area contributed by atoms with Crippen LogP contribution in [0.3, 0.4) is 0 Å². The van der Waals surface area contributed by atoms with Crippen molar-refractivity contribution in [3.63, 3.8) is 0 Å². The number of primary amides is 2. The number of aromatic nitrogens is 7. The molecule has 0 bridgehead atoms. The van der Waals surface area contributed by atoms with Crippen molar-refractivity contribution >= 4 is 62.4 Å². The first-order valence-electron chi connectivity index (χ1n) is 20.6. The molecule has 19 nitrogen and oxygen atoms in total. The molecule has 1 aliphatic rings. The van der Waals surface area contributed by atoms with Crippen LogP contribution in [0.2, 0.25) is 0 Å². The van der Waals surface area contributed by atoms with Gasteiger partial charge in [0, 0.05) is 99.6 Å². The van der Waals surface area contributed by atoms with Crippen molar-refractivity contribution in [2.45, 2.75) is 72.6 Å². The molecule has 0 aliphatic carbocycles. The van der Waals surface area contributed by atoms with E-state index in [-0.39, 0.29) is 42.9 Å². The standard InChI is InChI=1S/C43H52N12O7/c1-6-54-32(18-25(3)50-54)40-46-24-30-29-20-27(38(44)57)22-34(62-17-11-15-60-5)36(29)52(41(30)48-40)12-8-9-13-53-37-31(21-28(39(45)58)23-35(37)61-16-10-14-56)47-43(53)49-42(59)33-19-26(4)51-55(33)7-2/h8-9,19-24,32,56H,6-7,10-18H2,1-5H3,(H2,44,57)(H2,45,58)(H,47,49,59)/b9-8+. The molecular weight excluding hydrogens is 797 g/mol. The Labute approximate surface area is 357 Å². The van der Waals surface area contributed by atoms with Crippen molar-refractivity contribution in [1.29, 1.82) is 0 Å². The second-order valence-electron chi connectivity index (χ2n) is 14.9. The van der Waals surface area contributed by atoms with Gasteiger partial charge in [-0.05, 0) is 58.0 Å². The Kier molecular flexibility index (Phi) is 13.1. The SMILES string of the molecule is CCN1N=C(C)CC1c1ncc2c3cc(C(N)=O)cc(OCCCOC)c3n(C/C=C/Cn3c(NC(=O)c4cc(C)nn4CC)nc4cc(C(N)=O)cc(OCCCO)c43)c2n1. The molecule has 1 atom stereocenters. The molecule has 1 unspecified atom stereocenters. The summed E-state index contributed by atoms with van der Waals surface area (Å²) in [6, 6.07) is 8.02. The van der Waals surface area contributed by atoms with Crippen LogP contribution in [0.4, 0.5) is 5.95 Å². The van der Waals surface area contributed by atoms with Gasteiger partial charge in [-0.15, -0.1) is 0 Å². The fourth-order valence-electron chi connectivity index (χ4n) is 7.68. The molecule has 4 aromatic heterocycles. The number of ether oxygens (including phenoxy) is 3. The number of hydrogen-bond donors (Lipinski definition) is 4. The maximum atomic E-state index is 13.8. The van der Waals surface area contributed by atoms with Crippen LogP contribution < -0.4 is 26.3 Å². The van der Waals surface area contributed by atoms with Gasteiger partial charge in [0.25, 0.3) is 5.91 Å². The minimum absolute atomic E-state index is 0.101. The lowest BCUT2D eigenvalue weighted by molar-refractivity contribution is 0.0991. The number of anilines is 1. The van der Waals surface area contributed by atoms with E-state index in [1.54, 1.807) is 46.8 Å². The topological polar surface area (TPSA) is 245 Å². The Hall–Kier alpha value is -6.86. The summed E-state index contributed by atoms with van der Waals surface area (Å²) in [5.74, 6) is -0.139. The largest absolute Gasteiger partial charge is 0.491 e. The van der Waals surface area contributed by atoms with E-state index in [4.69, 9.17) is 45.7 Å². The highest BCUT2D eigenvalue weighted by atomic mass is 16.5. The number of nitrogens with one attached hydrogen (secondary N) is 1. The van der Waals surface area contributed by atoms with Gasteiger partial charge in [0.15, 0.2) is 5.82 Å². The number of nitrogens with zero attached hydrogens (tertiary/aromatic N) is 9. The van der Waals surface area contributed by atoms with Crippen LogP contribution in [0, 0.1) is 6.92 Å². The van der Waals surface area contributed by atoms with Crippen LogP contribution in [0.15, 0.2) is 53.8 Å². The Morgan fingerprint density at radius 3 is 2.24 bits per heavy atom. The van der Waals surface area contributed by atoms with Crippen molar-refractivity contribution in [3.05, 3.63) is 77.0 Å². The quantitative estimate of drug-likeness (QED) is 0.0614. The molecule has 3 amide bonds. The Morgan fingerprint density at radius 1 is 0.871 bits per heavy atom. The maximum Gasteiger partial charge on any atom is 0.276 e. The zero-order valence-electron chi connectivity index (χ0n) is 35.6. The van der Waals surface area contributed by atoms with E-state index in [0.29, 0.717) is 114 Å². The first-order chi connectivity index (χ1) is 30.0. The number of rotatable bonds is 20. The number of nitrogens with two attached hydrogens (primary N) is 2. The minimum Gasteiger partial charge on any atom is -0.491 e. The molecule has 0 saturated carbocycles. The van der Waals surface area contributed by atoms with Gasteiger partial charge < -0.3 is 39.9 Å². The first-order valence-corrected chi connectivity index (χ1v) is 20.6. The molecule has 6 aromatic rings. The summed E-state index contributed by atoms with van der Waals surface area (Å²) in [5.41, 5.74) is 16.2. The first kappa shape index (κ1) is 43.2. The summed E-state index contributed by atoms with van der Waals surface area (Å²) in [7, 11) is 1.62. The molecule has 326 valence electrons. The van der Waals surface area contributed by atoms with Gasteiger partial charge in [-0.3, -0.25) is 29.4 Å². The number of carbonyl (C=O) groups excluding carboxylic acids is 3. The second kappa shape index (κ2) is 18.8. The van der Waals surface area contributed by atoms with Gasteiger partial charge >= 0.3 is 0 Å². The highest BCUT2D eigenvalue weighted by molar-refractivity contribution is 6.11. The number of aliphatic hydroxyl groups excluding tert-OH is 1. The molecule has 5 heterocycles. The zero-order valence-corrected chi connectivity index (χ0v) is 35.6. The van der Waals surface area contributed by atoms with E-state index in [0.717, 1.165) is 5.71 Å². The number of aryl methyl sites for hydroxylation is 2. The summed E-state index contributed by atoms with van der Waals surface area (Å²) in [4.78, 5) is 53.5. The molecule has 7 rings (SSSR count). The molecule has 0 spiro atoms. The number of hydrazone groups is 1. The van der Waals surface area contributed by atoms with Crippen LogP contribution in [-0.4, -0.2) is 107 Å². The third kappa shape index (κ3) is 8.80. The maximum absolute atomic E-state index is 13.8. The van der Waals surface area contributed by atoms with E-state index in [2.05, 4.69) is 10.4 Å². The number of aliphatic hydroxyl groups is 1. The number of carbonyl (C=O) groups is 3. The van der Waals surface area contributed by atoms with Gasteiger partial charge in [0.05, 0.1) is 29.9 Å². The Balaban J connectivity index is 1.33. The molecule has 62 heavy (non-hydrogen) atoms. The van der Waals surface area contributed by atoms with E-state index in [1.165, 1.54) is 6.07 Å². The average molecular weight is 849 g/mol. The fourth-order valence-corrected chi connectivity index (χ4v) is 7.68. The van der Waals surface area contributed by atoms with Gasteiger partial charge in [0.2, 0.25) is 17.8 Å². The average Bonchev–Trinajstić information content (AvgIpc) is 4.01. The zero-order chi connectivity index (χ0) is 44.1. The molecule has 0 radical (unpaired) electrons. The van der Waals surface area contributed by atoms with Gasteiger partial charge in [-0.1, -0.05) is 12.2 Å². The van der Waals surface area contributed by atoms with Gasteiger partial charge in [-0.2, -0.15) is 10.2 Å². The number of hydrogen-bond acceptors (Lipinski definition) is 13. The molecule has 6 N–H and O–H groups in total. The van der Waals surface area contributed by atoms with Gasteiger partial charge in [0.1, 0.15) is 34.4 Å². The molecule has 19 heteroatoms. The van der Waals surface area contributed by atoms with E-state index in [9.17, 15) is 19.5 Å². The highest BCUT2D eigenvalue weighted by Gasteiger charge is 2.29. The fraction of sp³-hybridized carbons (Fsp3) is 0.395. The number of allylic oxidation sites excluding steroid dienone is 2. The lowest BCUT2D eigenvalue weighted by Crippen LogP contribution is -2.21. The van der Waals surface area contributed by atoms with Crippen LogP contribution in [0.1, 0.15) is 88.8 Å². The summed E-state index contributed by atoms with van der Waals surface area (Å²) in [6.07, 6.45) is 7.28. The molecule has 2 aromatic carbocycles. The number of amides is 3.